The molecule has 2 nitrogen and oxygen atoms in total. The first-order chi connectivity index (χ1) is 8.65. The van der Waals surface area contributed by atoms with Gasteiger partial charge in [0.1, 0.15) is 0 Å². The quantitative estimate of drug-likeness (QED) is 0.851. The largest absolute Gasteiger partial charge is 0.378 e. The van der Waals surface area contributed by atoms with E-state index < -0.39 is 0 Å². The Labute approximate surface area is 111 Å². The van der Waals surface area contributed by atoms with E-state index in [4.69, 9.17) is 5.73 Å². The highest BCUT2D eigenvalue weighted by atomic mass is 15.0. The Morgan fingerprint density at radius 1 is 1.33 bits per heavy atom. The summed E-state index contributed by atoms with van der Waals surface area (Å²) in [6, 6.07) is 10.5. The summed E-state index contributed by atoms with van der Waals surface area (Å²) < 4.78 is 0. The van der Waals surface area contributed by atoms with Crippen molar-refractivity contribution in [2.45, 2.75) is 45.1 Å². The summed E-state index contributed by atoms with van der Waals surface area (Å²) in [5, 5.41) is 3.70. The van der Waals surface area contributed by atoms with Crippen molar-refractivity contribution >= 4 is 5.69 Å². The minimum Gasteiger partial charge on any atom is -0.378 e. The fourth-order valence-corrected chi connectivity index (χ4v) is 3.16. The monoisotopic (exact) mass is 246 g/mol. The third-order valence-corrected chi connectivity index (χ3v) is 4.40. The van der Waals surface area contributed by atoms with Crippen LogP contribution in [-0.2, 0) is 0 Å². The molecule has 3 N–H and O–H groups in total. The van der Waals surface area contributed by atoms with Crippen LogP contribution in [0.1, 0.15) is 39.5 Å². The summed E-state index contributed by atoms with van der Waals surface area (Å²) in [6.07, 6.45) is 5.05. The fraction of sp³-hybridized carbons (Fsp3) is 0.625. The molecule has 18 heavy (non-hydrogen) atoms. The topological polar surface area (TPSA) is 38.0 Å². The van der Waals surface area contributed by atoms with Gasteiger partial charge in [-0.15, -0.1) is 0 Å². The van der Waals surface area contributed by atoms with Gasteiger partial charge in [-0.3, -0.25) is 0 Å². The Morgan fingerprint density at radius 2 is 2.06 bits per heavy atom. The summed E-state index contributed by atoms with van der Waals surface area (Å²) in [7, 11) is 0. The first-order valence-electron chi connectivity index (χ1n) is 7.18. The summed E-state index contributed by atoms with van der Waals surface area (Å²) in [4.78, 5) is 0. The molecular formula is C16H26N2. The van der Waals surface area contributed by atoms with E-state index in [0.29, 0.717) is 0 Å². The number of anilines is 1. The molecule has 2 unspecified atom stereocenters. The molecule has 0 saturated heterocycles. The molecule has 2 atom stereocenters. The van der Waals surface area contributed by atoms with Gasteiger partial charge in [0.2, 0.25) is 0 Å². The minimum absolute atomic E-state index is 0.106. The minimum atomic E-state index is 0.106. The summed E-state index contributed by atoms with van der Waals surface area (Å²) in [6.45, 7) is 5.39. The van der Waals surface area contributed by atoms with Crippen LogP contribution in [0, 0.1) is 11.8 Å². The van der Waals surface area contributed by atoms with Gasteiger partial charge >= 0.3 is 0 Å². The molecule has 0 aliphatic heterocycles. The number of para-hydroxylation sites is 1. The first kappa shape index (κ1) is 13.4. The van der Waals surface area contributed by atoms with E-state index in [1.807, 2.05) is 0 Å². The standard InChI is InChI=1S/C16H26N2/c1-13(2)14-7-6-10-16(11-14,12-17)18-15-8-4-3-5-9-15/h3-5,8-9,13-14,18H,6-7,10-12,17H2,1-2H3. The summed E-state index contributed by atoms with van der Waals surface area (Å²) >= 11 is 0. The fourth-order valence-electron chi connectivity index (χ4n) is 3.16. The zero-order valence-corrected chi connectivity index (χ0v) is 11.7. The van der Waals surface area contributed by atoms with Crippen LogP contribution in [0.4, 0.5) is 5.69 Å². The average molecular weight is 246 g/mol. The molecule has 0 bridgehead atoms. The van der Waals surface area contributed by atoms with Crippen LogP contribution in [0.25, 0.3) is 0 Å². The van der Waals surface area contributed by atoms with Gasteiger partial charge in [-0.05, 0) is 36.8 Å². The maximum absolute atomic E-state index is 6.09. The molecule has 0 radical (unpaired) electrons. The van der Waals surface area contributed by atoms with E-state index >= 15 is 0 Å². The van der Waals surface area contributed by atoms with Gasteiger partial charge in [-0.25, -0.2) is 0 Å². The maximum atomic E-state index is 6.09. The lowest BCUT2D eigenvalue weighted by atomic mass is 9.71. The molecule has 1 aliphatic rings. The Hall–Kier alpha value is -1.02. The smallest absolute Gasteiger partial charge is 0.0498 e. The molecule has 0 spiro atoms. The van der Waals surface area contributed by atoms with Crippen LogP contribution in [0.3, 0.4) is 0 Å². The predicted octanol–water partition coefficient (Wildman–Crippen LogP) is 3.64. The molecule has 1 aliphatic carbocycles. The van der Waals surface area contributed by atoms with Gasteiger partial charge in [0.15, 0.2) is 0 Å². The Kier molecular flexibility index (Phi) is 4.28. The molecule has 1 aromatic rings. The van der Waals surface area contributed by atoms with Gasteiger partial charge < -0.3 is 11.1 Å². The Balaban J connectivity index is 2.10. The molecule has 1 aromatic carbocycles. The van der Waals surface area contributed by atoms with Gasteiger partial charge in [0.25, 0.3) is 0 Å². The van der Waals surface area contributed by atoms with Crippen LogP contribution >= 0.6 is 0 Å². The van der Waals surface area contributed by atoms with Gasteiger partial charge in [-0.1, -0.05) is 44.9 Å². The molecule has 2 rings (SSSR count). The predicted molar refractivity (Wildman–Crippen MR) is 78.6 cm³/mol. The number of nitrogens with two attached hydrogens (primary N) is 1. The second kappa shape index (κ2) is 5.75. The van der Waals surface area contributed by atoms with Gasteiger partial charge in [0.05, 0.1) is 0 Å². The lowest BCUT2D eigenvalue weighted by Gasteiger charge is -2.43. The lowest BCUT2D eigenvalue weighted by molar-refractivity contribution is 0.203. The van der Waals surface area contributed by atoms with Crippen molar-refractivity contribution in [3.05, 3.63) is 30.3 Å². The van der Waals surface area contributed by atoms with Crippen molar-refractivity contribution in [1.82, 2.24) is 0 Å². The SMILES string of the molecule is CC(C)C1CCCC(CN)(Nc2ccccc2)C1. The van der Waals surface area contributed by atoms with E-state index in [1.165, 1.54) is 31.4 Å². The molecule has 0 heterocycles. The van der Waals surface area contributed by atoms with Gasteiger partial charge in [-0.2, -0.15) is 0 Å². The number of hydrogen-bond acceptors (Lipinski definition) is 2. The molecular weight excluding hydrogens is 220 g/mol. The van der Waals surface area contributed by atoms with E-state index in [-0.39, 0.29) is 5.54 Å². The Bertz CT molecular complexity index is 361. The normalized spacial score (nSPS) is 28.3. The molecule has 100 valence electrons. The van der Waals surface area contributed by atoms with Gasteiger partial charge in [0, 0.05) is 17.8 Å². The molecule has 0 amide bonds. The molecule has 2 heteroatoms. The number of nitrogens with one attached hydrogen (secondary N) is 1. The molecule has 1 fully saturated rings. The number of benzene rings is 1. The van der Waals surface area contributed by atoms with E-state index in [0.717, 1.165) is 18.4 Å². The Morgan fingerprint density at radius 3 is 2.67 bits per heavy atom. The van der Waals surface area contributed by atoms with Crippen LogP contribution in [0.5, 0.6) is 0 Å². The highest BCUT2D eigenvalue weighted by Gasteiger charge is 2.36. The van der Waals surface area contributed by atoms with E-state index in [1.54, 1.807) is 0 Å². The van der Waals surface area contributed by atoms with Crippen molar-refractivity contribution in [1.29, 1.82) is 0 Å². The first-order valence-corrected chi connectivity index (χ1v) is 7.18. The van der Waals surface area contributed by atoms with Crippen molar-refractivity contribution < 1.29 is 0 Å². The molecule has 0 aromatic heterocycles. The molecule has 1 saturated carbocycles. The number of rotatable bonds is 4. The third kappa shape index (κ3) is 3.05. The maximum Gasteiger partial charge on any atom is 0.0498 e. The van der Waals surface area contributed by atoms with E-state index in [9.17, 15) is 0 Å². The summed E-state index contributed by atoms with van der Waals surface area (Å²) in [5.74, 6) is 1.56. The highest BCUT2D eigenvalue weighted by Crippen LogP contribution is 2.37. The zero-order valence-electron chi connectivity index (χ0n) is 11.7. The van der Waals surface area contributed by atoms with Crippen LogP contribution in [0.2, 0.25) is 0 Å². The lowest BCUT2D eigenvalue weighted by Crippen LogP contribution is -2.49. The summed E-state index contributed by atoms with van der Waals surface area (Å²) in [5.41, 5.74) is 7.39. The van der Waals surface area contributed by atoms with Crippen molar-refractivity contribution in [2.24, 2.45) is 17.6 Å². The van der Waals surface area contributed by atoms with Crippen LogP contribution < -0.4 is 11.1 Å². The third-order valence-electron chi connectivity index (χ3n) is 4.40. The van der Waals surface area contributed by atoms with Crippen molar-refractivity contribution in [3.8, 4) is 0 Å². The van der Waals surface area contributed by atoms with E-state index in [2.05, 4.69) is 49.5 Å². The second-order valence-electron chi connectivity index (χ2n) is 6.08. The van der Waals surface area contributed by atoms with Crippen LogP contribution in [0.15, 0.2) is 30.3 Å². The van der Waals surface area contributed by atoms with Crippen molar-refractivity contribution in [2.75, 3.05) is 11.9 Å². The van der Waals surface area contributed by atoms with Crippen molar-refractivity contribution in [3.63, 3.8) is 0 Å². The zero-order chi connectivity index (χ0) is 13.0. The average Bonchev–Trinajstić information content (AvgIpc) is 2.40. The second-order valence-corrected chi connectivity index (χ2v) is 6.08. The number of hydrogen-bond donors (Lipinski definition) is 2. The highest BCUT2D eigenvalue weighted by molar-refractivity contribution is 5.45. The van der Waals surface area contributed by atoms with Crippen LogP contribution in [-0.4, -0.2) is 12.1 Å².